The zero-order valence-electron chi connectivity index (χ0n) is 13.6. The molecule has 2 aromatic carbocycles. The minimum Gasteiger partial charge on any atom is -0.504 e. The first-order valence-electron chi connectivity index (χ1n) is 7.67. The SMILES string of the molecule is COc1cccc(C(=O)OCC(=O)N2CCSc3ccccc32)c1O. The molecule has 6 nitrogen and oxygen atoms in total. The molecule has 1 N–H and O–H groups in total. The van der Waals surface area contributed by atoms with E-state index in [4.69, 9.17) is 9.47 Å². The number of amides is 1. The molecule has 0 unspecified atom stereocenters. The zero-order valence-corrected chi connectivity index (χ0v) is 14.4. The number of methoxy groups -OCH3 is 1. The third-order valence-corrected chi connectivity index (χ3v) is 4.84. The fourth-order valence-corrected chi connectivity index (χ4v) is 3.56. The van der Waals surface area contributed by atoms with Gasteiger partial charge >= 0.3 is 5.97 Å². The van der Waals surface area contributed by atoms with Crippen molar-refractivity contribution in [3.63, 3.8) is 0 Å². The number of nitrogens with zero attached hydrogens (tertiary/aromatic N) is 1. The zero-order chi connectivity index (χ0) is 17.8. The number of carbonyl (C=O) groups excluding carboxylic acids is 2. The molecular weight excluding hydrogens is 342 g/mol. The standard InChI is InChI=1S/C18H17NO5S/c1-23-14-7-4-5-12(17(14)21)18(22)24-11-16(20)19-9-10-25-15-8-3-2-6-13(15)19/h2-8,21H,9-11H2,1H3. The largest absolute Gasteiger partial charge is 0.504 e. The highest BCUT2D eigenvalue weighted by Gasteiger charge is 2.24. The monoisotopic (exact) mass is 359 g/mol. The normalized spacial score (nSPS) is 13.1. The second-order valence-corrected chi connectivity index (χ2v) is 6.43. The highest BCUT2D eigenvalue weighted by atomic mass is 32.2. The topological polar surface area (TPSA) is 76.1 Å². The summed E-state index contributed by atoms with van der Waals surface area (Å²) in [5, 5.41) is 9.98. The van der Waals surface area contributed by atoms with Crippen molar-refractivity contribution in [1.29, 1.82) is 0 Å². The minimum atomic E-state index is -0.774. The Morgan fingerprint density at radius 2 is 2.00 bits per heavy atom. The first-order chi connectivity index (χ1) is 12.1. The quantitative estimate of drug-likeness (QED) is 0.846. The van der Waals surface area contributed by atoms with Gasteiger partial charge in [-0.05, 0) is 24.3 Å². The number of hydrogen-bond donors (Lipinski definition) is 1. The summed E-state index contributed by atoms with van der Waals surface area (Å²) in [6.07, 6.45) is 0. The van der Waals surface area contributed by atoms with Gasteiger partial charge in [0.25, 0.3) is 5.91 Å². The summed E-state index contributed by atoms with van der Waals surface area (Å²) >= 11 is 1.69. The highest BCUT2D eigenvalue weighted by molar-refractivity contribution is 7.99. The first-order valence-corrected chi connectivity index (χ1v) is 8.65. The van der Waals surface area contributed by atoms with Crippen LogP contribution in [0.2, 0.25) is 0 Å². The first kappa shape index (κ1) is 17.2. The molecule has 130 valence electrons. The Morgan fingerprint density at radius 1 is 1.20 bits per heavy atom. The summed E-state index contributed by atoms with van der Waals surface area (Å²) in [5.41, 5.74) is 0.783. The summed E-state index contributed by atoms with van der Waals surface area (Å²) in [6.45, 7) is 0.164. The van der Waals surface area contributed by atoms with Crippen LogP contribution >= 0.6 is 11.8 Å². The molecule has 2 aromatic rings. The van der Waals surface area contributed by atoms with E-state index in [0.717, 1.165) is 16.3 Å². The van der Waals surface area contributed by atoms with Crippen molar-refractivity contribution in [1.82, 2.24) is 0 Å². The number of hydrogen-bond acceptors (Lipinski definition) is 6. The maximum atomic E-state index is 12.5. The predicted molar refractivity (Wildman–Crippen MR) is 94.5 cm³/mol. The molecule has 1 heterocycles. The van der Waals surface area contributed by atoms with E-state index >= 15 is 0 Å². The van der Waals surface area contributed by atoms with Crippen LogP contribution in [0.5, 0.6) is 11.5 Å². The molecule has 0 aromatic heterocycles. The molecule has 25 heavy (non-hydrogen) atoms. The lowest BCUT2D eigenvalue weighted by molar-refractivity contribution is -0.121. The number of benzene rings is 2. The average molecular weight is 359 g/mol. The fourth-order valence-electron chi connectivity index (χ4n) is 2.56. The number of carbonyl (C=O) groups is 2. The molecule has 0 spiro atoms. The number of fused-ring (bicyclic) bond motifs is 1. The summed E-state index contributed by atoms with van der Waals surface area (Å²) < 4.78 is 10.0. The van der Waals surface area contributed by atoms with Crippen molar-refractivity contribution in [2.45, 2.75) is 4.90 Å². The van der Waals surface area contributed by atoms with Crippen molar-refractivity contribution in [2.24, 2.45) is 0 Å². The fraction of sp³-hybridized carbons (Fsp3) is 0.222. The molecule has 1 aliphatic rings. The van der Waals surface area contributed by atoms with Crippen LogP contribution in [0.1, 0.15) is 10.4 Å². The predicted octanol–water partition coefficient (Wildman–Crippen LogP) is 2.70. The Labute approximate surface area is 149 Å². The number of aromatic hydroxyl groups is 1. The van der Waals surface area contributed by atoms with E-state index in [0.29, 0.717) is 6.54 Å². The molecule has 0 fully saturated rings. The number of thioether (sulfide) groups is 1. The molecule has 1 aliphatic heterocycles. The summed E-state index contributed by atoms with van der Waals surface area (Å²) in [5.74, 6) is -0.425. The molecule has 7 heteroatoms. The Morgan fingerprint density at radius 3 is 2.80 bits per heavy atom. The number of phenolic OH excluding ortho intramolecular Hbond substituents is 1. The van der Waals surface area contributed by atoms with Crippen LogP contribution in [0.4, 0.5) is 5.69 Å². The number of ether oxygens (including phenoxy) is 2. The highest BCUT2D eigenvalue weighted by Crippen LogP contribution is 2.34. The van der Waals surface area contributed by atoms with Gasteiger partial charge in [-0.3, -0.25) is 4.79 Å². The van der Waals surface area contributed by atoms with E-state index in [9.17, 15) is 14.7 Å². The van der Waals surface area contributed by atoms with Gasteiger partial charge in [-0.15, -0.1) is 11.8 Å². The number of esters is 1. The van der Waals surface area contributed by atoms with E-state index in [1.807, 2.05) is 24.3 Å². The second-order valence-electron chi connectivity index (χ2n) is 5.29. The van der Waals surface area contributed by atoms with E-state index in [2.05, 4.69) is 0 Å². The number of anilines is 1. The lowest BCUT2D eigenvalue weighted by Gasteiger charge is -2.28. The summed E-state index contributed by atoms with van der Waals surface area (Å²) in [6, 6.07) is 12.1. The third-order valence-electron chi connectivity index (χ3n) is 3.80. The van der Waals surface area contributed by atoms with Crippen molar-refractivity contribution in [3.8, 4) is 11.5 Å². The van der Waals surface area contributed by atoms with E-state index in [-0.39, 0.29) is 23.0 Å². The van der Waals surface area contributed by atoms with Gasteiger partial charge in [-0.25, -0.2) is 4.79 Å². The van der Waals surface area contributed by atoms with Crippen molar-refractivity contribution >= 4 is 29.3 Å². The van der Waals surface area contributed by atoms with E-state index < -0.39 is 12.6 Å². The Kier molecular flexibility index (Phi) is 5.14. The van der Waals surface area contributed by atoms with Crippen molar-refractivity contribution < 1.29 is 24.2 Å². The van der Waals surface area contributed by atoms with E-state index in [1.165, 1.54) is 19.2 Å². The van der Waals surface area contributed by atoms with E-state index in [1.54, 1.807) is 22.7 Å². The van der Waals surface area contributed by atoms with Crippen LogP contribution in [0.25, 0.3) is 0 Å². The maximum Gasteiger partial charge on any atom is 0.342 e. The number of phenols is 1. The van der Waals surface area contributed by atoms with Gasteiger partial charge in [0.05, 0.1) is 12.8 Å². The van der Waals surface area contributed by atoms with Gasteiger partial charge in [0.1, 0.15) is 5.56 Å². The molecule has 1 amide bonds. The summed E-state index contributed by atoms with van der Waals surface area (Å²) in [7, 11) is 1.39. The van der Waals surface area contributed by atoms with Gasteiger partial charge in [0.15, 0.2) is 18.1 Å². The molecule has 0 saturated carbocycles. The molecular formula is C18H17NO5S. The van der Waals surface area contributed by atoms with Gasteiger partial charge in [-0.2, -0.15) is 0 Å². The van der Waals surface area contributed by atoms with Crippen molar-refractivity contribution in [3.05, 3.63) is 48.0 Å². The molecule has 0 saturated heterocycles. The Balaban J connectivity index is 1.68. The molecule has 0 aliphatic carbocycles. The third kappa shape index (κ3) is 3.56. The molecule has 0 atom stereocenters. The average Bonchev–Trinajstić information content (AvgIpc) is 2.65. The van der Waals surface area contributed by atoms with Crippen LogP contribution in [0.15, 0.2) is 47.4 Å². The van der Waals surface area contributed by atoms with Gasteiger partial charge < -0.3 is 19.5 Å². The number of para-hydroxylation sites is 2. The Bertz CT molecular complexity index is 808. The van der Waals surface area contributed by atoms with Crippen molar-refractivity contribution in [2.75, 3.05) is 30.9 Å². The van der Waals surface area contributed by atoms with Gasteiger partial charge in [0.2, 0.25) is 0 Å². The molecule has 3 rings (SSSR count). The van der Waals surface area contributed by atoms with Crippen LogP contribution in [0, 0.1) is 0 Å². The van der Waals surface area contributed by atoms with Crippen LogP contribution in [-0.2, 0) is 9.53 Å². The number of rotatable bonds is 4. The van der Waals surface area contributed by atoms with Crippen LogP contribution in [-0.4, -0.2) is 43.0 Å². The van der Waals surface area contributed by atoms with Gasteiger partial charge in [0, 0.05) is 17.2 Å². The smallest absolute Gasteiger partial charge is 0.342 e. The van der Waals surface area contributed by atoms with Crippen LogP contribution in [0.3, 0.4) is 0 Å². The molecule has 0 radical (unpaired) electrons. The van der Waals surface area contributed by atoms with Crippen LogP contribution < -0.4 is 9.64 Å². The molecule has 0 bridgehead atoms. The second kappa shape index (κ2) is 7.48. The summed E-state index contributed by atoms with van der Waals surface area (Å²) in [4.78, 5) is 27.3. The Hall–Kier alpha value is -2.67. The lowest BCUT2D eigenvalue weighted by atomic mass is 10.2. The minimum absolute atomic E-state index is 0.0400. The lowest BCUT2D eigenvalue weighted by Crippen LogP contribution is -2.38. The van der Waals surface area contributed by atoms with Gasteiger partial charge in [-0.1, -0.05) is 18.2 Å². The maximum absolute atomic E-state index is 12.5.